The minimum atomic E-state index is 0. The Kier molecular flexibility index (Phi) is 10.5. The molecule has 0 radical (unpaired) electrons. The number of nitrogens with two attached hydrogens (primary N) is 1. The van der Waals surface area contributed by atoms with Crippen LogP contribution in [0.5, 0.6) is 0 Å². The van der Waals surface area contributed by atoms with Crippen molar-refractivity contribution < 1.29 is 4.79 Å². The number of hydrogen-bond acceptors (Lipinski definition) is 2. The summed E-state index contributed by atoms with van der Waals surface area (Å²) in [7, 11) is 0. The summed E-state index contributed by atoms with van der Waals surface area (Å²) in [6.07, 6.45) is 8.89. The van der Waals surface area contributed by atoms with Gasteiger partial charge in [-0.15, -0.1) is 12.4 Å². The number of rotatable bonds is 10. The lowest BCUT2D eigenvalue weighted by molar-refractivity contribution is -0.131. The molecule has 3 nitrogen and oxygen atoms in total. The Morgan fingerprint density at radius 1 is 1.22 bits per heavy atom. The molecule has 0 spiro atoms. The number of halogens is 1. The molecule has 1 aliphatic carbocycles. The molecule has 4 heteroatoms. The minimum absolute atomic E-state index is 0. The summed E-state index contributed by atoms with van der Waals surface area (Å²) in [6.45, 7) is 4.87. The minimum Gasteiger partial charge on any atom is -0.342 e. The third-order valence-corrected chi connectivity index (χ3v) is 3.37. The lowest BCUT2D eigenvalue weighted by atomic mass is 10.1. The van der Waals surface area contributed by atoms with E-state index in [4.69, 9.17) is 5.73 Å². The van der Waals surface area contributed by atoms with E-state index < -0.39 is 0 Å². The van der Waals surface area contributed by atoms with Gasteiger partial charge in [0.25, 0.3) is 0 Å². The Morgan fingerprint density at radius 2 is 1.89 bits per heavy atom. The van der Waals surface area contributed by atoms with Crippen LogP contribution in [-0.4, -0.2) is 30.4 Å². The Morgan fingerprint density at radius 3 is 2.44 bits per heavy atom. The van der Waals surface area contributed by atoms with Crippen LogP contribution in [0.15, 0.2) is 0 Å². The number of hydrogen-bond donors (Lipinski definition) is 1. The summed E-state index contributed by atoms with van der Waals surface area (Å²) in [5, 5.41) is 0. The fourth-order valence-corrected chi connectivity index (χ4v) is 2.13. The van der Waals surface area contributed by atoms with Crippen molar-refractivity contribution in [2.75, 3.05) is 19.6 Å². The zero-order valence-corrected chi connectivity index (χ0v) is 12.5. The first kappa shape index (κ1) is 17.7. The van der Waals surface area contributed by atoms with Gasteiger partial charge in [-0.3, -0.25) is 4.79 Å². The maximum absolute atomic E-state index is 12.0. The Balaban J connectivity index is 0.00000289. The van der Waals surface area contributed by atoms with Crippen LogP contribution in [0.3, 0.4) is 0 Å². The average Bonchev–Trinajstić information content (AvgIpc) is 3.12. The van der Waals surface area contributed by atoms with Crippen molar-refractivity contribution in [3.8, 4) is 0 Å². The second kappa shape index (κ2) is 10.6. The van der Waals surface area contributed by atoms with Crippen molar-refractivity contribution in [1.82, 2.24) is 4.90 Å². The summed E-state index contributed by atoms with van der Waals surface area (Å²) in [6, 6.07) is 0. The number of nitrogens with zero attached hydrogens (tertiary/aromatic N) is 1. The molecule has 1 amide bonds. The molecule has 0 aromatic heterocycles. The number of carbonyl (C=O) groups excluding carboxylic acids is 1. The highest BCUT2D eigenvalue weighted by molar-refractivity contribution is 5.85. The second-order valence-corrected chi connectivity index (χ2v) is 5.24. The molecule has 18 heavy (non-hydrogen) atoms. The zero-order valence-electron chi connectivity index (χ0n) is 11.7. The predicted molar refractivity (Wildman–Crippen MR) is 79.0 cm³/mol. The van der Waals surface area contributed by atoms with E-state index >= 15 is 0 Å². The first-order valence-corrected chi connectivity index (χ1v) is 7.25. The van der Waals surface area contributed by atoms with Crippen molar-refractivity contribution in [3.05, 3.63) is 0 Å². The van der Waals surface area contributed by atoms with E-state index in [1.165, 1.54) is 19.3 Å². The molecule has 2 N–H and O–H groups in total. The molecule has 1 fully saturated rings. The molecule has 0 unspecified atom stereocenters. The lowest BCUT2D eigenvalue weighted by Crippen LogP contribution is -2.33. The summed E-state index contributed by atoms with van der Waals surface area (Å²) in [5.74, 6) is 1.18. The van der Waals surface area contributed by atoms with E-state index in [-0.39, 0.29) is 12.4 Å². The smallest absolute Gasteiger partial charge is 0.222 e. The van der Waals surface area contributed by atoms with Gasteiger partial charge < -0.3 is 10.6 Å². The van der Waals surface area contributed by atoms with Crippen molar-refractivity contribution in [1.29, 1.82) is 0 Å². The van der Waals surface area contributed by atoms with Crippen LogP contribution in [0.1, 0.15) is 58.3 Å². The maximum atomic E-state index is 12.0. The quantitative estimate of drug-likeness (QED) is 0.624. The van der Waals surface area contributed by atoms with E-state index in [1.807, 2.05) is 0 Å². The molecule has 1 rings (SSSR count). The molecular weight excluding hydrogens is 248 g/mol. The van der Waals surface area contributed by atoms with Gasteiger partial charge in [-0.25, -0.2) is 0 Å². The van der Waals surface area contributed by atoms with Crippen molar-refractivity contribution in [3.63, 3.8) is 0 Å². The van der Waals surface area contributed by atoms with E-state index in [9.17, 15) is 4.79 Å². The van der Waals surface area contributed by atoms with Crippen LogP contribution >= 0.6 is 12.4 Å². The molecule has 0 heterocycles. The van der Waals surface area contributed by atoms with E-state index in [2.05, 4.69) is 11.8 Å². The van der Waals surface area contributed by atoms with Crippen molar-refractivity contribution >= 4 is 18.3 Å². The van der Waals surface area contributed by atoms with E-state index in [0.29, 0.717) is 5.91 Å². The molecule has 0 aromatic carbocycles. The largest absolute Gasteiger partial charge is 0.342 e. The molecule has 0 atom stereocenters. The summed E-state index contributed by atoms with van der Waals surface area (Å²) < 4.78 is 0. The highest BCUT2D eigenvalue weighted by Crippen LogP contribution is 2.30. The molecule has 0 bridgehead atoms. The predicted octanol–water partition coefficient (Wildman–Crippen LogP) is 2.97. The Labute approximate surface area is 118 Å². The molecule has 1 aliphatic rings. The lowest BCUT2D eigenvalue weighted by Gasteiger charge is -2.22. The average molecular weight is 277 g/mol. The van der Waals surface area contributed by atoms with Gasteiger partial charge in [-0.1, -0.05) is 19.8 Å². The number of unbranched alkanes of at least 4 members (excludes halogenated alkanes) is 3. The van der Waals surface area contributed by atoms with Crippen LogP contribution in [0.4, 0.5) is 0 Å². The van der Waals surface area contributed by atoms with Crippen LogP contribution in [0, 0.1) is 5.92 Å². The standard InChI is InChI=1S/C14H28N2O.ClH/c1-2-11-16(12-13-8-9-13)14(17)7-5-3-4-6-10-15;/h13H,2-12,15H2,1H3;1H. The zero-order chi connectivity index (χ0) is 12.5. The van der Waals surface area contributed by atoms with Gasteiger partial charge in [-0.2, -0.15) is 0 Å². The van der Waals surface area contributed by atoms with E-state index in [1.54, 1.807) is 0 Å². The second-order valence-electron chi connectivity index (χ2n) is 5.24. The highest BCUT2D eigenvalue weighted by Gasteiger charge is 2.25. The van der Waals surface area contributed by atoms with Gasteiger partial charge >= 0.3 is 0 Å². The van der Waals surface area contributed by atoms with Crippen LogP contribution in [0.2, 0.25) is 0 Å². The summed E-state index contributed by atoms with van der Waals surface area (Å²) in [4.78, 5) is 14.1. The van der Waals surface area contributed by atoms with Gasteiger partial charge in [0.1, 0.15) is 0 Å². The molecule has 0 aliphatic heterocycles. The Bertz CT molecular complexity index is 220. The van der Waals surface area contributed by atoms with Gasteiger partial charge in [0.05, 0.1) is 0 Å². The van der Waals surface area contributed by atoms with Crippen molar-refractivity contribution in [2.24, 2.45) is 11.7 Å². The topological polar surface area (TPSA) is 46.3 Å². The van der Waals surface area contributed by atoms with Crippen LogP contribution in [0.25, 0.3) is 0 Å². The van der Waals surface area contributed by atoms with Gasteiger partial charge in [0.15, 0.2) is 0 Å². The SMILES string of the molecule is CCCN(CC1CC1)C(=O)CCCCCCN.Cl. The molecule has 108 valence electrons. The molecule has 0 saturated heterocycles. The third kappa shape index (κ3) is 7.93. The van der Waals surface area contributed by atoms with Gasteiger partial charge in [0.2, 0.25) is 5.91 Å². The van der Waals surface area contributed by atoms with Crippen molar-refractivity contribution in [2.45, 2.75) is 58.3 Å². The summed E-state index contributed by atoms with van der Waals surface area (Å²) in [5.41, 5.74) is 5.44. The van der Waals surface area contributed by atoms with Gasteiger partial charge in [0, 0.05) is 19.5 Å². The molecular formula is C14H29ClN2O. The van der Waals surface area contributed by atoms with E-state index in [0.717, 1.165) is 57.7 Å². The maximum Gasteiger partial charge on any atom is 0.222 e. The third-order valence-electron chi connectivity index (χ3n) is 3.37. The molecule has 0 aromatic rings. The normalized spacial score (nSPS) is 14.1. The number of carbonyl (C=O) groups is 1. The Hall–Kier alpha value is -0.280. The fourth-order valence-electron chi connectivity index (χ4n) is 2.13. The summed E-state index contributed by atoms with van der Waals surface area (Å²) >= 11 is 0. The molecule has 1 saturated carbocycles. The fraction of sp³-hybridized carbons (Fsp3) is 0.929. The van der Waals surface area contributed by atoms with Crippen LogP contribution in [-0.2, 0) is 4.79 Å². The highest BCUT2D eigenvalue weighted by atomic mass is 35.5. The van der Waals surface area contributed by atoms with Crippen LogP contribution < -0.4 is 5.73 Å². The first-order valence-electron chi connectivity index (χ1n) is 7.25. The monoisotopic (exact) mass is 276 g/mol. The number of amides is 1. The van der Waals surface area contributed by atoms with Gasteiger partial charge in [-0.05, 0) is 44.6 Å². The first-order chi connectivity index (χ1) is 8.27.